The summed E-state index contributed by atoms with van der Waals surface area (Å²) in [6.45, 7) is 6.48. The maximum Gasteiger partial charge on any atom is 0.307 e. The van der Waals surface area contributed by atoms with Crippen molar-refractivity contribution in [1.29, 1.82) is 0 Å². The first-order chi connectivity index (χ1) is 42.7. The number of esters is 1. The van der Waals surface area contributed by atoms with Gasteiger partial charge in [-0.05, 0) is 173 Å². The quantitative estimate of drug-likeness (QED) is 0.0179. The van der Waals surface area contributed by atoms with E-state index in [0.29, 0.717) is 19.1 Å². The van der Waals surface area contributed by atoms with Crippen molar-refractivity contribution in [2.45, 2.75) is 142 Å². The smallest absolute Gasteiger partial charge is 0.307 e. The summed E-state index contributed by atoms with van der Waals surface area (Å²) in [6, 6.07) is 34.5. The largest absolute Gasteiger partial charge is 0.481 e. The van der Waals surface area contributed by atoms with Crippen LogP contribution < -0.4 is 0 Å². The Kier molecular flexibility index (Phi) is 39.2. The fraction of sp³-hybridized carbons (Fsp3) is 0.350. The number of fused-ring (bicyclic) bond motifs is 4. The topological polar surface area (TPSA) is 90.3 Å². The number of benzene rings is 4. The van der Waals surface area contributed by atoms with Crippen molar-refractivity contribution in [2.24, 2.45) is 0 Å². The highest BCUT2D eigenvalue weighted by Gasteiger charge is 2.21. The van der Waals surface area contributed by atoms with Gasteiger partial charge in [0.15, 0.2) is 0 Å². The Morgan fingerprint density at radius 3 is 1.25 bits per heavy atom. The fourth-order valence-electron chi connectivity index (χ4n) is 9.79. The van der Waals surface area contributed by atoms with Crippen molar-refractivity contribution in [1.82, 2.24) is 9.80 Å². The minimum Gasteiger partial charge on any atom is -0.481 e. The van der Waals surface area contributed by atoms with Gasteiger partial charge >= 0.3 is 11.9 Å². The van der Waals surface area contributed by atoms with E-state index in [1.54, 1.807) is 0 Å². The van der Waals surface area contributed by atoms with Gasteiger partial charge in [0.05, 0.1) is 6.73 Å². The summed E-state index contributed by atoms with van der Waals surface area (Å²) < 4.78 is 5.54. The van der Waals surface area contributed by atoms with Crippen molar-refractivity contribution in [3.05, 3.63) is 269 Å². The molecular weight excluding hydrogens is 1070 g/mol. The maximum absolute atomic E-state index is 12.2. The Balaban J connectivity index is 0.000000309. The van der Waals surface area contributed by atoms with E-state index in [-0.39, 0.29) is 19.1 Å². The van der Waals surface area contributed by atoms with Crippen molar-refractivity contribution < 1.29 is 24.5 Å². The van der Waals surface area contributed by atoms with Gasteiger partial charge in [0.25, 0.3) is 0 Å². The third-order valence-corrected chi connectivity index (χ3v) is 14.5. The van der Waals surface area contributed by atoms with E-state index in [2.05, 4.69) is 268 Å². The van der Waals surface area contributed by atoms with E-state index < -0.39 is 5.97 Å². The van der Waals surface area contributed by atoms with Crippen LogP contribution in [0, 0.1) is 0 Å². The predicted molar refractivity (Wildman–Crippen MR) is 374 cm³/mol. The van der Waals surface area contributed by atoms with Gasteiger partial charge in [-0.3, -0.25) is 19.4 Å². The van der Waals surface area contributed by atoms with E-state index in [4.69, 9.17) is 14.9 Å². The summed E-state index contributed by atoms with van der Waals surface area (Å²) >= 11 is 0. The molecule has 4 aromatic carbocycles. The van der Waals surface area contributed by atoms with Crippen LogP contribution in [0.15, 0.2) is 225 Å². The molecule has 462 valence electrons. The van der Waals surface area contributed by atoms with Gasteiger partial charge in [0, 0.05) is 31.8 Å². The average Bonchev–Trinajstić information content (AvgIpc) is 2.60. The highest BCUT2D eigenvalue weighted by molar-refractivity contribution is 5.93. The van der Waals surface area contributed by atoms with E-state index in [0.717, 1.165) is 122 Å². The number of rotatable bonds is 36. The lowest BCUT2D eigenvalue weighted by molar-refractivity contribution is -0.148. The SMILES string of the molecule is CC/C=C\C/C=C\C/C=C\C/C=C\C/C=C\CCCC(=O)O.CC/C=C\C/C=C\C/C=C\C/C=C\C/C=C\CCCC(=O)OCN(C)CCCC1c2ccccc2C=Cc2ccccc21.CN(CO)CCC=C1c2ccccc2C=Cc2ccccc21. The lowest BCUT2D eigenvalue weighted by Gasteiger charge is -2.22. The van der Waals surface area contributed by atoms with Gasteiger partial charge in [0.2, 0.25) is 0 Å². The number of allylic oxidation sites excluding steroid dienone is 20. The second kappa shape index (κ2) is 47.5. The number of carboxylic acid groups (broad SMARTS) is 1. The molecule has 0 bridgehead atoms. The maximum atomic E-state index is 12.2. The number of hydrogen-bond donors (Lipinski definition) is 2. The van der Waals surface area contributed by atoms with Crippen molar-refractivity contribution in [3.63, 3.8) is 0 Å². The molecule has 0 aromatic heterocycles. The third kappa shape index (κ3) is 32.0. The zero-order valence-corrected chi connectivity index (χ0v) is 53.0. The molecule has 4 aromatic rings. The molecule has 0 spiro atoms. The second-order valence-electron chi connectivity index (χ2n) is 21.7. The van der Waals surface area contributed by atoms with Gasteiger partial charge < -0.3 is 14.9 Å². The number of nitrogens with zero attached hydrogens (tertiary/aromatic N) is 2. The molecule has 0 saturated carbocycles. The minimum absolute atomic E-state index is 0.0951. The molecule has 87 heavy (non-hydrogen) atoms. The Labute approximate surface area is 525 Å². The van der Waals surface area contributed by atoms with Gasteiger partial charge in [-0.2, -0.15) is 0 Å². The molecule has 6 rings (SSSR count). The predicted octanol–water partition coefficient (Wildman–Crippen LogP) is 20.3. The number of aliphatic carboxylic acids is 1. The van der Waals surface area contributed by atoms with Crippen LogP contribution in [-0.2, 0) is 14.3 Å². The molecule has 0 aliphatic heterocycles. The summed E-state index contributed by atoms with van der Waals surface area (Å²) in [6.07, 6.45) is 71.8. The Bertz CT molecular complexity index is 2870. The summed E-state index contributed by atoms with van der Waals surface area (Å²) in [7, 11) is 3.95. The van der Waals surface area contributed by atoms with E-state index in [1.807, 2.05) is 19.0 Å². The normalized spacial score (nSPS) is 13.2. The number of hydrogen-bond acceptors (Lipinski definition) is 6. The zero-order chi connectivity index (χ0) is 62.0. The molecule has 0 unspecified atom stereocenters. The van der Waals surface area contributed by atoms with Crippen LogP contribution in [0.1, 0.15) is 186 Å². The molecule has 0 atom stereocenters. The fourth-order valence-corrected chi connectivity index (χ4v) is 9.79. The molecular formula is C80H102N2O5. The summed E-state index contributed by atoms with van der Waals surface area (Å²) in [4.78, 5) is 26.6. The number of aliphatic hydroxyl groups is 1. The van der Waals surface area contributed by atoms with E-state index >= 15 is 0 Å². The molecule has 0 fully saturated rings. The van der Waals surface area contributed by atoms with Gasteiger partial charge in [-0.1, -0.05) is 263 Å². The summed E-state index contributed by atoms with van der Waals surface area (Å²) in [5, 5.41) is 17.6. The first-order valence-electron chi connectivity index (χ1n) is 32.0. The third-order valence-electron chi connectivity index (χ3n) is 14.5. The molecule has 2 aliphatic carbocycles. The first kappa shape index (κ1) is 71.8. The molecule has 0 saturated heterocycles. The Hall–Kier alpha value is -7.68. The van der Waals surface area contributed by atoms with Crippen LogP contribution in [0.3, 0.4) is 0 Å². The molecule has 7 heteroatoms. The number of aliphatic hydroxyl groups excluding tert-OH is 1. The number of carbonyl (C=O) groups is 2. The van der Waals surface area contributed by atoms with Crippen LogP contribution in [0.2, 0.25) is 0 Å². The Morgan fingerprint density at radius 1 is 0.448 bits per heavy atom. The molecule has 2 aliphatic rings. The molecule has 2 N–H and O–H groups in total. The molecule has 0 heterocycles. The molecule has 7 nitrogen and oxygen atoms in total. The number of carbonyl (C=O) groups excluding carboxylic acids is 1. The number of ether oxygens (including phenoxy) is 1. The van der Waals surface area contributed by atoms with Crippen LogP contribution >= 0.6 is 0 Å². The average molecular weight is 1170 g/mol. The number of unbranched alkanes of at least 4 members (excludes halogenated alkanes) is 2. The summed E-state index contributed by atoms with van der Waals surface area (Å²) in [5.41, 5.74) is 11.7. The van der Waals surface area contributed by atoms with Gasteiger partial charge in [0.1, 0.15) is 6.73 Å². The summed E-state index contributed by atoms with van der Waals surface area (Å²) in [5.74, 6) is -0.460. The van der Waals surface area contributed by atoms with Gasteiger partial charge in [-0.25, -0.2) is 0 Å². The minimum atomic E-state index is -0.715. The van der Waals surface area contributed by atoms with Crippen molar-refractivity contribution in [3.8, 4) is 0 Å². The Morgan fingerprint density at radius 2 is 0.828 bits per heavy atom. The van der Waals surface area contributed by atoms with Crippen LogP contribution in [0.4, 0.5) is 0 Å². The lowest BCUT2D eigenvalue weighted by atomic mass is 9.84. The zero-order valence-electron chi connectivity index (χ0n) is 53.0. The highest BCUT2D eigenvalue weighted by Crippen LogP contribution is 2.38. The molecule has 0 radical (unpaired) electrons. The van der Waals surface area contributed by atoms with Crippen LogP contribution in [0.5, 0.6) is 0 Å². The van der Waals surface area contributed by atoms with Crippen LogP contribution in [0.25, 0.3) is 29.9 Å². The highest BCUT2D eigenvalue weighted by atomic mass is 16.5. The van der Waals surface area contributed by atoms with Crippen molar-refractivity contribution >= 4 is 41.8 Å². The van der Waals surface area contributed by atoms with E-state index in [9.17, 15) is 9.59 Å². The first-order valence-corrected chi connectivity index (χ1v) is 32.0. The monoisotopic (exact) mass is 1170 g/mol. The van der Waals surface area contributed by atoms with Gasteiger partial charge in [-0.15, -0.1) is 0 Å². The standard InChI is InChI=1S/C40H51NO2.C20H21NO.C20H30O2/c1-3-4-5-6-7-8-9-10-11-12-13-14-15-16-17-18-19-30-40(42)43-34-41(2)33-24-29-39-37-27-22-20-25-35(37)31-32-36-26-21-23-28-38(36)39;1-21(15-22)14-6-11-20-18-9-4-2-7-16(18)12-13-17-8-3-5-10-19(17)20;1-2-3-4-5-6-7-8-9-10-11-12-13-14-15-16-17-18-19-20(21)22/h4-5,7-8,10-11,13-14,16-17,20-23,25-28,31-32,39H,3,6,9,12,15,18-19,24,29-30,33-34H2,1-2H3;2-5,7-13,22H,6,14-15H2,1H3;3-4,6-7,9-10,12-13,15-16H,2,5,8,11,14,17-19H2,1H3,(H,21,22)/b5-4-,8-7-,11-10-,14-13-,17-16-;;4-3-,7-6-,10-9-,13-12-,16-15-. The molecule has 0 amide bonds. The van der Waals surface area contributed by atoms with E-state index in [1.165, 1.54) is 50.1 Å². The second-order valence-corrected chi connectivity index (χ2v) is 21.7. The van der Waals surface area contributed by atoms with Crippen molar-refractivity contribution in [2.75, 3.05) is 40.6 Å². The number of carboxylic acids is 1. The lowest BCUT2D eigenvalue weighted by Crippen LogP contribution is -2.25. The van der Waals surface area contributed by atoms with Crippen LogP contribution in [-0.4, -0.2) is 72.6 Å².